The third-order valence-electron chi connectivity index (χ3n) is 3.96. The summed E-state index contributed by atoms with van der Waals surface area (Å²) in [7, 11) is 0. The Kier molecular flexibility index (Phi) is 2.40. The fraction of sp³-hybridized carbons (Fsp3) is 0.571. The van der Waals surface area contributed by atoms with Crippen molar-refractivity contribution in [3.05, 3.63) is 29.3 Å². The highest BCUT2D eigenvalue weighted by atomic mass is 16.5. The maximum absolute atomic E-state index is 6.29. The topological polar surface area (TPSA) is 35.2 Å². The summed E-state index contributed by atoms with van der Waals surface area (Å²) in [6.07, 6.45) is 5.30. The summed E-state index contributed by atoms with van der Waals surface area (Å²) < 4.78 is 5.70. The molecule has 0 aromatic heterocycles. The molecule has 0 saturated heterocycles. The normalized spacial score (nSPS) is 25.8. The Hall–Kier alpha value is -1.02. The number of fused-ring (bicyclic) bond motifs is 1. The van der Waals surface area contributed by atoms with E-state index >= 15 is 0 Å². The molecule has 0 amide bonds. The minimum atomic E-state index is 0.231. The minimum Gasteiger partial charge on any atom is -0.490 e. The maximum atomic E-state index is 6.29. The number of hydrogen-bond donors (Lipinski definition) is 1. The first-order valence-electron chi connectivity index (χ1n) is 6.29. The highest BCUT2D eigenvalue weighted by molar-refractivity contribution is 5.41. The third kappa shape index (κ3) is 1.61. The van der Waals surface area contributed by atoms with Gasteiger partial charge in [0.05, 0.1) is 0 Å². The molecule has 0 bridgehead atoms. The molecule has 0 spiro atoms. The Balaban J connectivity index is 1.84. The summed E-state index contributed by atoms with van der Waals surface area (Å²) >= 11 is 0. The molecule has 2 unspecified atom stereocenters. The highest BCUT2D eigenvalue weighted by Crippen LogP contribution is 2.38. The van der Waals surface area contributed by atoms with Gasteiger partial charge < -0.3 is 10.5 Å². The number of benzene rings is 1. The molecular weight excluding hydrogens is 198 g/mol. The van der Waals surface area contributed by atoms with Crippen LogP contribution in [-0.2, 0) is 6.42 Å². The number of ether oxygens (including phenoxy) is 1. The first kappa shape index (κ1) is 10.2. The minimum absolute atomic E-state index is 0.231. The van der Waals surface area contributed by atoms with Gasteiger partial charge in [-0.15, -0.1) is 0 Å². The lowest BCUT2D eigenvalue weighted by atomic mass is 9.77. The van der Waals surface area contributed by atoms with Crippen LogP contribution in [0.15, 0.2) is 18.2 Å². The molecule has 2 atom stereocenters. The van der Waals surface area contributed by atoms with Gasteiger partial charge >= 0.3 is 0 Å². The molecule has 3 rings (SSSR count). The fourth-order valence-electron chi connectivity index (χ4n) is 2.72. The van der Waals surface area contributed by atoms with Crippen molar-refractivity contribution in [2.24, 2.45) is 11.7 Å². The SMILES string of the molecule is CC1Cc2cc(C(N)C3CCC3)ccc2O1. The van der Waals surface area contributed by atoms with E-state index in [1.807, 2.05) is 0 Å². The van der Waals surface area contributed by atoms with Crippen molar-refractivity contribution in [3.63, 3.8) is 0 Å². The summed E-state index contributed by atoms with van der Waals surface area (Å²) in [6, 6.07) is 6.71. The standard InChI is InChI=1S/C14H19NO/c1-9-7-12-8-11(5-6-13(12)16-9)14(15)10-3-2-4-10/h5-6,8-10,14H,2-4,7,15H2,1H3. The lowest BCUT2D eigenvalue weighted by molar-refractivity contribution is 0.254. The van der Waals surface area contributed by atoms with Gasteiger partial charge in [-0.2, -0.15) is 0 Å². The molecular formula is C14H19NO. The first-order valence-corrected chi connectivity index (χ1v) is 6.29. The number of hydrogen-bond acceptors (Lipinski definition) is 2. The molecule has 2 aliphatic rings. The predicted molar refractivity (Wildman–Crippen MR) is 64.5 cm³/mol. The molecule has 1 heterocycles. The zero-order valence-corrected chi connectivity index (χ0v) is 9.78. The van der Waals surface area contributed by atoms with Crippen LogP contribution in [0.5, 0.6) is 5.75 Å². The lowest BCUT2D eigenvalue weighted by Crippen LogP contribution is -2.26. The summed E-state index contributed by atoms with van der Waals surface area (Å²) in [5.41, 5.74) is 8.91. The quantitative estimate of drug-likeness (QED) is 0.826. The third-order valence-corrected chi connectivity index (χ3v) is 3.96. The zero-order valence-electron chi connectivity index (χ0n) is 9.78. The molecule has 2 N–H and O–H groups in total. The van der Waals surface area contributed by atoms with Crippen molar-refractivity contribution in [1.29, 1.82) is 0 Å². The van der Waals surface area contributed by atoms with Gasteiger partial charge in [0.1, 0.15) is 11.9 Å². The van der Waals surface area contributed by atoms with Gasteiger partial charge in [0.15, 0.2) is 0 Å². The van der Waals surface area contributed by atoms with Gasteiger partial charge in [-0.05, 0) is 42.9 Å². The first-order chi connectivity index (χ1) is 7.74. The van der Waals surface area contributed by atoms with Crippen molar-refractivity contribution in [3.8, 4) is 5.75 Å². The van der Waals surface area contributed by atoms with E-state index in [-0.39, 0.29) is 6.04 Å². The molecule has 1 aliphatic heterocycles. The molecule has 86 valence electrons. The predicted octanol–water partition coefficient (Wildman–Crippen LogP) is 2.81. The van der Waals surface area contributed by atoms with Crippen LogP contribution in [0.2, 0.25) is 0 Å². The second-order valence-corrected chi connectivity index (χ2v) is 5.22. The van der Waals surface area contributed by atoms with Crippen LogP contribution in [-0.4, -0.2) is 6.10 Å². The van der Waals surface area contributed by atoms with Gasteiger partial charge in [0.2, 0.25) is 0 Å². The van der Waals surface area contributed by atoms with E-state index < -0.39 is 0 Å². The Labute approximate surface area is 96.8 Å². The smallest absolute Gasteiger partial charge is 0.123 e. The van der Waals surface area contributed by atoms with Crippen LogP contribution in [0, 0.1) is 5.92 Å². The van der Waals surface area contributed by atoms with Gasteiger partial charge in [-0.1, -0.05) is 18.6 Å². The van der Waals surface area contributed by atoms with Gasteiger partial charge in [0.25, 0.3) is 0 Å². The van der Waals surface area contributed by atoms with Crippen LogP contribution in [0.3, 0.4) is 0 Å². The average Bonchev–Trinajstić information content (AvgIpc) is 2.53. The highest BCUT2D eigenvalue weighted by Gasteiger charge is 2.27. The summed E-state index contributed by atoms with van der Waals surface area (Å²) in [6.45, 7) is 2.12. The molecule has 1 aromatic rings. The van der Waals surface area contributed by atoms with Crippen LogP contribution in [0.25, 0.3) is 0 Å². The largest absolute Gasteiger partial charge is 0.490 e. The van der Waals surface area contributed by atoms with E-state index in [0.29, 0.717) is 12.0 Å². The van der Waals surface area contributed by atoms with Gasteiger partial charge in [-0.25, -0.2) is 0 Å². The van der Waals surface area contributed by atoms with E-state index in [9.17, 15) is 0 Å². The molecule has 1 aromatic carbocycles. The Morgan fingerprint density at radius 1 is 1.38 bits per heavy atom. The molecule has 0 radical (unpaired) electrons. The van der Waals surface area contributed by atoms with E-state index in [0.717, 1.165) is 12.2 Å². The van der Waals surface area contributed by atoms with Crippen LogP contribution >= 0.6 is 0 Å². The second kappa shape index (κ2) is 3.77. The van der Waals surface area contributed by atoms with Crippen molar-refractivity contribution < 1.29 is 4.74 Å². The van der Waals surface area contributed by atoms with Crippen LogP contribution < -0.4 is 10.5 Å². The Morgan fingerprint density at radius 2 is 2.19 bits per heavy atom. The van der Waals surface area contributed by atoms with E-state index in [1.54, 1.807) is 0 Å². The summed E-state index contributed by atoms with van der Waals surface area (Å²) in [4.78, 5) is 0. The lowest BCUT2D eigenvalue weighted by Gasteiger charge is -2.31. The van der Waals surface area contributed by atoms with Gasteiger partial charge in [0, 0.05) is 12.5 Å². The molecule has 2 heteroatoms. The van der Waals surface area contributed by atoms with Crippen LogP contribution in [0.4, 0.5) is 0 Å². The van der Waals surface area contributed by atoms with Crippen LogP contribution in [0.1, 0.15) is 43.4 Å². The Bertz CT molecular complexity index is 398. The summed E-state index contributed by atoms with van der Waals surface area (Å²) in [5.74, 6) is 1.76. The molecule has 1 saturated carbocycles. The molecule has 1 fully saturated rings. The van der Waals surface area contributed by atoms with Crippen molar-refractivity contribution in [1.82, 2.24) is 0 Å². The van der Waals surface area contributed by atoms with E-state index in [1.165, 1.54) is 30.4 Å². The van der Waals surface area contributed by atoms with Gasteiger partial charge in [-0.3, -0.25) is 0 Å². The summed E-state index contributed by atoms with van der Waals surface area (Å²) in [5, 5.41) is 0. The maximum Gasteiger partial charge on any atom is 0.123 e. The Morgan fingerprint density at radius 3 is 2.88 bits per heavy atom. The zero-order chi connectivity index (χ0) is 11.1. The van der Waals surface area contributed by atoms with Crippen molar-refractivity contribution >= 4 is 0 Å². The average molecular weight is 217 g/mol. The molecule has 1 aliphatic carbocycles. The monoisotopic (exact) mass is 217 g/mol. The fourth-order valence-corrected chi connectivity index (χ4v) is 2.72. The molecule has 2 nitrogen and oxygen atoms in total. The van der Waals surface area contributed by atoms with E-state index in [2.05, 4.69) is 25.1 Å². The molecule has 16 heavy (non-hydrogen) atoms. The van der Waals surface area contributed by atoms with Crippen molar-refractivity contribution in [2.45, 2.75) is 44.8 Å². The second-order valence-electron chi connectivity index (χ2n) is 5.22. The van der Waals surface area contributed by atoms with Crippen molar-refractivity contribution in [2.75, 3.05) is 0 Å². The number of rotatable bonds is 2. The number of nitrogens with two attached hydrogens (primary N) is 1. The van der Waals surface area contributed by atoms with E-state index in [4.69, 9.17) is 10.5 Å².